The number of ether oxygens (including phenoxy) is 1. The fourth-order valence-corrected chi connectivity index (χ4v) is 4.10. The van der Waals surface area contributed by atoms with Crippen molar-refractivity contribution in [1.29, 1.82) is 0 Å². The summed E-state index contributed by atoms with van der Waals surface area (Å²) in [4.78, 5) is 1.26. The first-order valence-electron chi connectivity index (χ1n) is 6.95. The van der Waals surface area contributed by atoms with Crippen molar-refractivity contribution in [2.45, 2.75) is 42.4 Å². The number of thioether (sulfide) groups is 1. The van der Waals surface area contributed by atoms with E-state index in [1.165, 1.54) is 36.1 Å². The van der Waals surface area contributed by atoms with Gasteiger partial charge in [0, 0.05) is 30.3 Å². The van der Waals surface area contributed by atoms with Gasteiger partial charge in [0.2, 0.25) is 0 Å². The predicted octanol–water partition coefficient (Wildman–Crippen LogP) is 4.11. The highest BCUT2D eigenvalue weighted by molar-refractivity contribution is 8.00. The lowest BCUT2D eigenvalue weighted by Crippen LogP contribution is -2.19. The quantitative estimate of drug-likeness (QED) is 0.766. The maximum atomic E-state index is 6.37. The van der Waals surface area contributed by atoms with Crippen LogP contribution >= 0.6 is 23.4 Å². The minimum absolute atomic E-state index is 0.742. The van der Waals surface area contributed by atoms with Gasteiger partial charge in [0.15, 0.2) is 0 Å². The highest BCUT2D eigenvalue weighted by Crippen LogP contribution is 2.39. The highest BCUT2D eigenvalue weighted by Gasteiger charge is 2.19. The van der Waals surface area contributed by atoms with E-state index in [9.17, 15) is 0 Å². The van der Waals surface area contributed by atoms with E-state index >= 15 is 0 Å². The first-order chi connectivity index (χ1) is 9.31. The number of nitrogens with one attached hydrogen (secondary N) is 1. The molecule has 0 saturated heterocycles. The lowest BCUT2D eigenvalue weighted by molar-refractivity contribution is 0.199. The summed E-state index contributed by atoms with van der Waals surface area (Å²) in [5.41, 5.74) is 1.31. The number of hydrogen-bond donors (Lipinski definition) is 1. The first-order valence-corrected chi connectivity index (χ1v) is 8.20. The van der Waals surface area contributed by atoms with Crippen molar-refractivity contribution >= 4 is 23.4 Å². The Kier molecular flexibility index (Phi) is 6.51. The smallest absolute Gasteiger partial charge is 0.0587 e. The van der Waals surface area contributed by atoms with Crippen LogP contribution in [-0.2, 0) is 11.3 Å². The third-order valence-corrected chi connectivity index (χ3v) is 5.38. The van der Waals surface area contributed by atoms with E-state index in [4.69, 9.17) is 16.3 Å². The zero-order valence-electron chi connectivity index (χ0n) is 11.5. The lowest BCUT2D eigenvalue weighted by atomic mass is 10.2. The van der Waals surface area contributed by atoms with E-state index < -0.39 is 0 Å². The molecule has 1 fully saturated rings. The Morgan fingerprint density at radius 3 is 2.89 bits per heavy atom. The van der Waals surface area contributed by atoms with Crippen LogP contribution in [0.15, 0.2) is 23.1 Å². The standard InChI is InChI=1S/C15H22ClNOS/c1-18-10-9-17-11-12-5-4-8-14(16)15(12)19-13-6-2-3-7-13/h4-5,8,13,17H,2-3,6-7,9-11H2,1H3. The Balaban J connectivity index is 1.98. The van der Waals surface area contributed by atoms with Crippen molar-refractivity contribution in [3.05, 3.63) is 28.8 Å². The van der Waals surface area contributed by atoms with Gasteiger partial charge in [-0.3, -0.25) is 0 Å². The summed E-state index contributed by atoms with van der Waals surface area (Å²) in [6.45, 7) is 2.47. The second-order valence-electron chi connectivity index (χ2n) is 4.92. The zero-order chi connectivity index (χ0) is 13.5. The molecule has 1 aromatic rings. The summed E-state index contributed by atoms with van der Waals surface area (Å²) in [7, 11) is 1.72. The Morgan fingerprint density at radius 1 is 1.37 bits per heavy atom. The second-order valence-corrected chi connectivity index (χ2v) is 6.64. The van der Waals surface area contributed by atoms with E-state index in [-0.39, 0.29) is 0 Å². The largest absolute Gasteiger partial charge is 0.383 e. The van der Waals surface area contributed by atoms with Crippen molar-refractivity contribution in [2.24, 2.45) is 0 Å². The van der Waals surface area contributed by atoms with E-state index in [1.807, 2.05) is 23.9 Å². The van der Waals surface area contributed by atoms with E-state index in [2.05, 4.69) is 11.4 Å². The van der Waals surface area contributed by atoms with Crippen LogP contribution in [0.3, 0.4) is 0 Å². The normalized spacial score (nSPS) is 16.1. The van der Waals surface area contributed by atoms with Crippen molar-refractivity contribution < 1.29 is 4.74 Å². The van der Waals surface area contributed by atoms with Gasteiger partial charge in [0.1, 0.15) is 0 Å². The molecule has 0 aliphatic heterocycles. The molecule has 106 valence electrons. The molecule has 0 spiro atoms. The van der Waals surface area contributed by atoms with Gasteiger partial charge in [-0.25, -0.2) is 0 Å². The molecule has 0 radical (unpaired) electrons. The van der Waals surface area contributed by atoms with E-state index in [1.54, 1.807) is 7.11 Å². The Labute approximate surface area is 125 Å². The van der Waals surface area contributed by atoms with Crippen molar-refractivity contribution in [2.75, 3.05) is 20.3 Å². The molecule has 4 heteroatoms. The number of rotatable bonds is 7. The summed E-state index contributed by atoms with van der Waals surface area (Å²) >= 11 is 8.34. The Morgan fingerprint density at radius 2 is 2.16 bits per heavy atom. The summed E-state index contributed by atoms with van der Waals surface area (Å²) in [6, 6.07) is 6.20. The molecular formula is C15H22ClNOS. The molecular weight excluding hydrogens is 278 g/mol. The maximum Gasteiger partial charge on any atom is 0.0587 e. The van der Waals surface area contributed by atoms with Crippen LogP contribution in [0.1, 0.15) is 31.2 Å². The second kappa shape index (κ2) is 8.15. The molecule has 1 N–H and O–H groups in total. The monoisotopic (exact) mass is 299 g/mol. The van der Waals surface area contributed by atoms with Crippen LogP contribution in [0.25, 0.3) is 0 Å². The van der Waals surface area contributed by atoms with Crippen LogP contribution in [0.5, 0.6) is 0 Å². The van der Waals surface area contributed by atoms with Crippen molar-refractivity contribution in [3.63, 3.8) is 0 Å². The minimum Gasteiger partial charge on any atom is -0.383 e. The molecule has 0 amide bonds. The van der Waals surface area contributed by atoms with Gasteiger partial charge in [0.05, 0.1) is 11.6 Å². The van der Waals surface area contributed by atoms with Crippen molar-refractivity contribution in [3.8, 4) is 0 Å². The van der Waals surface area contributed by atoms with Gasteiger partial charge in [-0.05, 0) is 24.5 Å². The molecule has 0 unspecified atom stereocenters. The van der Waals surface area contributed by atoms with Gasteiger partial charge in [0.25, 0.3) is 0 Å². The molecule has 1 saturated carbocycles. The van der Waals surface area contributed by atoms with Crippen LogP contribution in [-0.4, -0.2) is 25.5 Å². The van der Waals surface area contributed by atoms with Crippen LogP contribution in [0.2, 0.25) is 5.02 Å². The third-order valence-electron chi connectivity index (χ3n) is 3.43. The molecule has 19 heavy (non-hydrogen) atoms. The van der Waals surface area contributed by atoms with Gasteiger partial charge in [-0.15, -0.1) is 11.8 Å². The molecule has 1 aliphatic carbocycles. The Bertz CT molecular complexity index is 394. The minimum atomic E-state index is 0.742. The van der Waals surface area contributed by atoms with Crippen LogP contribution in [0, 0.1) is 0 Å². The number of methoxy groups -OCH3 is 1. The fraction of sp³-hybridized carbons (Fsp3) is 0.600. The number of benzene rings is 1. The van der Waals surface area contributed by atoms with E-state index in [0.717, 1.165) is 30.0 Å². The molecule has 2 rings (SSSR count). The topological polar surface area (TPSA) is 21.3 Å². The Hall–Kier alpha value is -0.220. The lowest BCUT2D eigenvalue weighted by Gasteiger charge is -2.15. The van der Waals surface area contributed by atoms with Crippen LogP contribution < -0.4 is 5.32 Å². The number of hydrogen-bond acceptors (Lipinski definition) is 3. The van der Waals surface area contributed by atoms with E-state index in [0.29, 0.717) is 0 Å². The fourth-order valence-electron chi connectivity index (χ4n) is 2.39. The molecule has 0 heterocycles. The highest BCUT2D eigenvalue weighted by atomic mass is 35.5. The first kappa shape index (κ1) is 15.2. The van der Waals surface area contributed by atoms with Gasteiger partial charge >= 0.3 is 0 Å². The van der Waals surface area contributed by atoms with Gasteiger partial charge in [-0.2, -0.15) is 0 Å². The third kappa shape index (κ3) is 4.67. The molecule has 1 aliphatic rings. The SMILES string of the molecule is COCCNCc1cccc(Cl)c1SC1CCCC1. The predicted molar refractivity (Wildman–Crippen MR) is 83.1 cm³/mol. The van der Waals surface area contributed by atoms with Crippen molar-refractivity contribution in [1.82, 2.24) is 5.32 Å². The summed E-state index contributed by atoms with van der Waals surface area (Å²) in [6.07, 6.45) is 5.38. The number of halogens is 1. The van der Waals surface area contributed by atoms with Crippen LogP contribution in [0.4, 0.5) is 0 Å². The molecule has 0 bridgehead atoms. The molecule has 2 nitrogen and oxygen atoms in total. The maximum absolute atomic E-state index is 6.37. The summed E-state index contributed by atoms with van der Waals surface area (Å²) in [5.74, 6) is 0. The summed E-state index contributed by atoms with van der Waals surface area (Å²) in [5, 5.41) is 5.04. The average molecular weight is 300 g/mol. The molecule has 0 aromatic heterocycles. The molecule has 1 aromatic carbocycles. The van der Waals surface area contributed by atoms with Gasteiger partial charge in [-0.1, -0.05) is 36.6 Å². The average Bonchev–Trinajstić information content (AvgIpc) is 2.91. The zero-order valence-corrected chi connectivity index (χ0v) is 13.0. The summed E-state index contributed by atoms with van der Waals surface area (Å²) < 4.78 is 5.05. The van der Waals surface area contributed by atoms with Gasteiger partial charge < -0.3 is 10.1 Å². The molecule has 0 atom stereocenters.